The molecule has 86 valence electrons. The van der Waals surface area contributed by atoms with Crippen LogP contribution in [0.5, 0.6) is 0 Å². The third-order valence-electron chi connectivity index (χ3n) is 2.67. The number of sulfone groups is 1. The molecule has 0 bridgehead atoms. The Balaban J connectivity index is 0.00000225. The van der Waals surface area contributed by atoms with E-state index in [1.807, 2.05) is 6.92 Å². The van der Waals surface area contributed by atoms with E-state index < -0.39 is 15.4 Å². The minimum absolute atomic E-state index is 0. The van der Waals surface area contributed by atoms with Gasteiger partial charge in [-0.25, -0.2) is 8.42 Å². The Kier molecular flexibility index (Phi) is 7.15. The second kappa shape index (κ2) is 6.56. The van der Waals surface area contributed by atoms with Crippen LogP contribution in [0.2, 0.25) is 0 Å². The number of nitrogens with zero attached hydrogens (tertiary/aromatic N) is 1. The molecule has 3 nitrogen and oxygen atoms in total. The van der Waals surface area contributed by atoms with Gasteiger partial charge in [-0.05, 0) is 13.3 Å². The summed E-state index contributed by atoms with van der Waals surface area (Å²) in [6.07, 6.45) is 2.27. The Morgan fingerprint density at radius 2 is 2.25 bits per heavy atom. The zero-order valence-corrected chi connectivity index (χ0v) is 15.2. The molecule has 0 aliphatic carbocycles. The van der Waals surface area contributed by atoms with Crippen LogP contribution >= 0.6 is 12.2 Å². The van der Waals surface area contributed by atoms with Gasteiger partial charge in [-0.1, -0.05) is 10.4 Å². The first kappa shape index (κ1) is 17.4. The fourth-order valence-corrected chi connectivity index (χ4v) is 4.58. The number of hydrogen-bond acceptors (Lipinski definition) is 4. The molecule has 0 spiro atoms. The molecule has 1 heterocycles. The maximum atomic E-state index is 11.4. The van der Waals surface area contributed by atoms with Crippen LogP contribution in [0.1, 0.15) is 13.3 Å². The van der Waals surface area contributed by atoms with Crippen LogP contribution in [-0.2, 0) is 22.5 Å². The average molecular weight is 304 g/mol. The van der Waals surface area contributed by atoms with Crippen LogP contribution in [0.15, 0.2) is 12.7 Å². The summed E-state index contributed by atoms with van der Waals surface area (Å²) >= 11 is 9.93. The molecule has 1 atom stereocenters. The van der Waals surface area contributed by atoms with E-state index in [0.717, 1.165) is 0 Å². The van der Waals surface area contributed by atoms with Gasteiger partial charge in [0.25, 0.3) is 0 Å². The molecule has 0 aromatic heterocycles. The van der Waals surface area contributed by atoms with Gasteiger partial charge in [-0.3, -0.25) is 0 Å². The van der Waals surface area contributed by atoms with Crippen molar-refractivity contribution in [2.75, 3.05) is 18.1 Å². The quantitative estimate of drug-likeness (QED) is 0.258. The van der Waals surface area contributed by atoms with E-state index in [-0.39, 0.29) is 62.9 Å². The molecule has 0 aromatic rings. The van der Waals surface area contributed by atoms with Gasteiger partial charge in [-0.2, -0.15) is 0 Å². The van der Waals surface area contributed by atoms with Crippen molar-refractivity contribution in [3.05, 3.63) is 12.7 Å². The average Bonchev–Trinajstić information content (AvgIpc) is 2.37. The molecule has 16 heavy (non-hydrogen) atoms. The minimum Gasteiger partial charge on any atom is -0.411 e. The molecule has 1 aliphatic rings. The molecule has 0 amide bonds. The second-order valence-electron chi connectivity index (χ2n) is 4.00. The SMILES string of the molecule is C=CCN(C(=S)[S-])C1(C)CCS(=O)(=O)C1.[K+]. The summed E-state index contributed by atoms with van der Waals surface area (Å²) in [5, 5.41) is 0. The van der Waals surface area contributed by atoms with Gasteiger partial charge in [0.2, 0.25) is 0 Å². The predicted molar refractivity (Wildman–Crippen MR) is 68.5 cm³/mol. The fourth-order valence-electron chi connectivity index (χ4n) is 1.85. The third kappa shape index (κ3) is 4.27. The van der Waals surface area contributed by atoms with Crippen molar-refractivity contribution in [3.63, 3.8) is 0 Å². The van der Waals surface area contributed by atoms with Crippen molar-refractivity contribution in [2.24, 2.45) is 0 Å². The number of rotatable bonds is 3. The molecule has 0 N–H and O–H groups in total. The monoisotopic (exact) mass is 303 g/mol. The normalized spacial score (nSPS) is 26.8. The number of hydrogen-bond donors (Lipinski definition) is 0. The maximum Gasteiger partial charge on any atom is 1.00 e. The smallest absolute Gasteiger partial charge is 0.411 e. The van der Waals surface area contributed by atoms with E-state index in [1.54, 1.807) is 11.0 Å². The van der Waals surface area contributed by atoms with Crippen molar-refractivity contribution >= 4 is 39.0 Å². The molecular weight excluding hydrogens is 289 g/mol. The molecule has 1 saturated heterocycles. The van der Waals surface area contributed by atoms with Gasteiger partial charge < -0.3 is 29.7 Å². The minimum atomic E-state index is -2.93. The summed E-state index contributed by atoms with van der Waals surface area (Å²) in [5.41, 5.74) is -0.453. The molecule has 0 saturated carbocycles. The third-order valence-corrected chi connectivity index (χ3v) is 4.99. The predicted octanol–water partition coefficient (Wildman–Crippen LogP) is -2.11. The summed E-state index contributed by atoms with van der Waals surface area (Å²) in [7, 11) is -2.93. The van der Waals surface area contributed by atoms with Crippen molar-refractivity contribution < 1.29 is 59.8 Å². The molecule has 0 radical (unpaired) electrons. The van der Waals surface area contributed by atoms with Crippen molar-refractivity contribution in [1.29, 1.82) is 0 Å². The zero-order chi connectivity index (χ0) is 11.7. The van der Waals surface area contributed by atoms with Gasteiger partial charge >= 0.3 is 51.4 Å². The van der Waals surface area contributed by atoms with Gasteiger partial charge in [0.05, 0.1) is 17.0 Å². The topological polar surface area (TPSA) is 37.4 Å². The first-order valence-corrected chi connectivity index (χ1v) is 7.24. The summed E-state index contributed by atoms with van der Waals surface area (Å²) in [6, 6.07) is 0. The summed E-state index contributed by atoms with van der Waals surface area (Å²) in [4.78, 5) is 1.77. The Labute approximate surface area is 151 Å². The Morgan fingerprint density at radius 3 is 2.56 bits per heavy atom. The van der Waals surface area contributed by atoms with Crippen LogP contribution in [0.25, 0.3) is 0 Å². The van der Waals surface area contributed by atoms with E-state index in [2.05, 4.69) is 6.58 Å². The van der Waals surface area contributed by atoms with Gasteiger partial charge in [0.15, 0.2) is 9.84 Å². The van der Waals surface area contributed by atoms with Crippen molar-refractivity contribution in [2.45, 2.75) is 18.9 Å². The van der Waals surface area contributed by atoms with Crippen LogP contribution in [0.4, 0.5) is 0 Å². The van der Waals surface area contributed by atoms with E-state index in [9.17, 15) is 8.42 Å². The largest absolute Gasteiger partial charge is 1.00 e. The summed E-state index contributed by atoms with van der Waals surface area (Å²) in [6.45, 7) is 6.02. The van der Waals surface area contributed by atoms with Gasteiger partial charge in [0.1, 0.15) is 0 Å². The Bertz CT molecular complexity index is 382. The molecule has 0 aromatic carbocycles. The Hall–Kier alpha value is 1.44. The standard InChI is InChI=1S/C9H15NO2S3.K/c1-3-5-10(8(13)14)9(2)4-6-15(11,12)7-9;/h3H,1,4-7H2,2H3,(H,13,14);/q;+1/p-1. The zero-order valence-electron chi connectivity index (χ0n) is 9.60. The molecule has 1 aliphatic heterocycles. The van der Waals surface area contributed by atoms with Gasteiger partial charge in [-0.15, -0.1) is 6.58 Å². The van der Waals surface area contributed by atoms with E-state index in [4.69, 9.17) is 24.8 Å². The molecule has 1 unspecified atom stereocenters. The fraction of sp³-hybridized carbons (Fsp3) is 0.667. The maximum absolute atomic E-state index is 11.4. The van der Waals surface area contributed by atoms with Gasteiger partial charge in [0, 0.05) is 6.54 Å². The van der Waals surface area contributed by atoms with Crippen molar-refractivity contribution in [3.8, 4) is 0 Å². The summed E-state index contributed by atoms with van der Waals surface area (Å²) in [5.74, 6) is 0.347. The van der Waals surface area contributed by atoms with E-state index >= 15 is 0 Å². The number of thiocarbonyl (C=S) groups is 1. The second-order valence-corrected chi connectivity index (χ2v) is 7.22. The first-order chi connectivity index (χ1) is 6.81. The summed E-state index contributed by atoms with van der Waals surface area (Å²) < 4.78 is 23.2. The molecule has 7 heteroatoms. The first-order valence-electron chi connectivity index (χ1n) is 4.61. The molecule has 1 fully saturated rings. The molecule has 1 rings (SSSR count). The van der Waals surface area contributed by atoms with Crippen molar-refractivity contribution in [1.82, 2.24) is 4.90 Å². The van der Waals surface area contributed by atoms with Crippen LogP contribution in [0, 0.1) is 0 Å². The van der Waals surface area contributed by atoms with Crippen LogP contribution in [0.3, 0.4) is 0 Å². The Morgan fingerprint density at radius 1 is 1.69 bits per heavy atom. The molecular formula is C9H14KNO2S3. The van der Waals surface area contributed by atoms with E-state index in [0.29, 0.717) is 17.3 Å². The van der Waals surface area contributed by atoms with Crippen LogP contribution < -0.4 is 51.4 Å². The van der Waals surface area contributed by atoms with Crippen LogP contribution in [-0.4, -0.2) is 41.2 Å². The van der Waals surface area contributed by atoms with E-state index in [1.165, 1.54) is 0 Å².